The standard InChI is InChI=1S/C18H16F6N6O/c19-11-6-27-14(10-5-26-13-9(10)2-1-3-25-13)29-15(11)30-8-17(20,21)4-12(30)16(31)28-7-18(22,23)24/h1,3,5-6,9,12H,2,4,7-8H2,(H,25,26)(H,28,31)/t9?,12-/m1/s1. The Labute approximate surface area is 171 Å². The van der Waals surface area contributed by atoms with Gasteiger partial charge in [0.2, 0.25) is 5.91 Å². The van der Waals surface area contributed by atoms with Crippen LogP contribution in [0.5, 0.6) is 0 Å². The van der Waals surface area contributed by atoms with E-state index in [1.165, 1.54) is 6.20 Å². The maximum atomic E-state index is 14.5. The second-order valence-electron chi connectivity index (χ2n) is 7.34. The van der Waals surface area contributed by atoms with Gasteiger partial charge in [-0.2, -0.15) is 13.2 Å². The molecule has 3 aliphatic rings. The average Bonchev–Trinajstić information content (AvgIpc) is 3.26. The summed E-state index contributed by atoms with van der Waals surface area (Å²) in [6.07, 6.45) is 0.590. The number of rotatable bonds is 4. The van der Waals surface area contributed by atoms with E-state index >= 15 is 0 Å². The highest BCUT2D eigenvalue weighted by atomic mass is 19.4. The monoisotopic (exact) mass is 446 g/mol. The van der Waals surface area contributed by atoms with Crippen molar-refractivity contribution in [2.24, 2.45) is 10.9 Å². The average molecular weight is 446 g/mol. The van der Waals surface area contributed by atoms with Crippen molar-refractivity contribution in [1.82, 2.24) is 20.6 Å². The fourth-order valence-electron chi connectivity index (χ4n) is 3.68. The van der Waals surface area contributed by atoms with Gasteiger partial charge in [-0.3, -0.25) is 4.79 Å². The molecule has 7 nitrogen and oxygen atoms in total. The molecule has 0 aromatic carbocycles. The zero-order valence-electron chi connectivity index (χ0n) is 15.8. The number of allylic oxidation sites excluding steroid dienone is 1. The van der Waals surface area contributed by atoms with E-state index in [-0.39, 0.29) is 11.7 Å². The van der Waals surface area contributed by atoms with E-state index in [0.717, 1.165) is 6.20 Å². The van der Waals surface area contributed by atoms with E-state index in [1.807, 2.05) is 6.08 Å². The van der Waals surface area contributed by atoms with E-state index in [4.69, 9.17) is 0 Å². The van der Waals surface area contributed by atoms with E-state index in [9.17, 15) is 31.1 Å². The minimum absolute atomic E-state index is 0.0296. The predicted molar refractivity (Wildman–Crippen MR) is 97.5 cm³/mol. The van der Waals surface area contributed by atoms with Crippen molar-refractivity contribution in [2.45, 2.75) is 31.0 Å². The van der Waals surface area contributed by atoms with Crippen LogP contribution in [0.3, 0.4) is 0 Å². The molecule has 13 heteroatoms. The maximum absolute atomic E-state index is 14.5. The Morgan fingerprint density at radius 2 is 2.13 bits per heavy atom. The smallest absolute Gasteiger partial charge is 0.350 e. The molecule has 31 heavy (non-hydrogen) atoms. The highest BCUT2D eigenvalue weighted by Crippen LogP contribution is 2.37. The van der Waals surface area contributed by atoms with Crippen LogP contribution in [0.25, 0.3) is 5.57 Å². The number of anilines is 1. The Hall–Kier alpha value is -3.12. The Kier molecular flexibility index (Phi) is 5.13. The van der Waals surface area contributed by atoms with Crippen LogP contribution < -0.4 is 15.5 Å². The number of amidine groups is 1. The highest BCUT2D eigenvalue weighted by molar-refractivity contribution is 6.00. The first-order chi connectivity index (χ1) is 14.5. The Bertz CT molecular complexity index is 988. The molecule has 0 aliphatic carbocycles. The molecule has 2 N–H and O–H groups in total. The molecule has 166 valence electrons. The topological polar surface area (TPSA) is 82.5 Å². The van der Waals surface area contributed by atoms with Gasteiger partial charge >= 0.3 is 6.18 Å². The summed E-state index contributed by atoms with van der Waals surface area (Å²) < 4.78 is 79.9. The number of aliphatic imine (C=N–C) groups is 1. The normalized spacial score (nSPS) is 24.4. The minimum Gasteiger partial charge on any atom is -0.350 e. The lowest BCUT2D eigenvalue weighted by Gasteiger charge is -2.25. The van der Waals surface area contributed by atoms with E-state index in [0.29, 0.717) is 22.7 Å². The molecule has 4 heterocycles. The van der Waals surface area contributed by atoms with Gasteiger partial charge in [0.15, 0.2) is 17.5 Å². The van der Waals surface area contributed by atoms with Crippen LogP contribution >= 0.6 is 0 Å². The third-order valence-corrected chi connectivity index (χ3v) is 5.06. The number of alkyl halides is 5. The third-order valence-electron chi connectivity index (χ3n) is 5.06. The number of aromatic nitrogens is 2. The molecule has 1 aromatic rings. The fraction of sp³-hybridized carbons (Fsp3) is 0.444. The van der Waals surface area contributed by atoms with E-state index < -0.39 is 55.2 Å². The molecule has 4 rings (SSSR count). The number of hydrogen-bond acceptors (Lipinski definition) is 6. The van der Waals surface area contributed by atoms with Crippen molar-refractivity contribution in [3.8, 4) is 0 Å². The van der Waals surface area contributed by atoms with Gasteiger partial charge < -0.3 is 15.5 Å². The summed E-state index contributed by atoms with van der Waals surface area (Å²) >= 11 is 0. The van der Waals surface area contributed by atoms with Gasteiger partial charge in [-0.25, -0.2) is 28.1 Å². The van der Waals surface area contributed by atoms with Crippen LogP contribution in [-0.4, -0.2) is 52.9 Å². The second kappa shape index (κ2) is 7.54. The minimum atomic E-state index is -4.72. The molecular weight excluding hydrogens is 430 g/mol. The van der Waals surface area contributed by atoms with E-state index in [2.05, 4.69) is 20.3 Å². The van der Waals surface area contributed by atoms with Gasteiger partial charge in [-0.05, 0) is 12.6 Å². The first kappa shape index (κ1) is 21.1. The summed E-state index contributed by atoms with van der Waals surface area (Å²) in [5.41, 5.74) is 0.525. The first-order valence-corrected chi connectivity index (χ1v) is 9.25. The number of amides is 1. The van der Waals surface area contributed by atoms with E-state index in [1.54, 1.807) is 11.5 Å². The van der Waals surface area contributed by atoms with Crippen LogP contribution in [0, 0.1) is 11.7 Å². The van der Waals surface area contributed by atoms with Gasteiger partial charge in [0.1, 0.15) is 18.4 Å². The molecule has 0 saturated carbocycles. The van der Waals surface area contributed by atoms with Crippen molar-refractivity contribution in [2.75, 3.05) is 18.0 Å². The van der Waals surface area contributed by atoms with Gasteiger partial charge in [0.25, 0.3) is 5.92 Å². The van der Waals surface area contributed by atoms with Crippen LogP contribution in [0.1, 0.15) is 18.7 Å². The number of fused-ring (bicyclic) bond motifs is 1. The molecule has 1 saturated heterocycles. The van der Waals surface area contributed by atoms with Gasteiger partial charge in [-0.15, -0.1) is 0 Å². The lowest BCUT2D eigenvalue weighted by Crippen LogP contribution is -2.46. The van der Waals surface area contributed by atoms with Crippen molar-refractivity contribution < 1.29 is 31.1 Å². The second-order valence-corrected chi connectivity index (χ2v) is 7.34. The summed E-state index contributed by atoms with van der Waals surface area (Å²) in [4.78, 5) is 25.0. The predicted octanol–water partition coefficient (Wildman–Crippen LogP) is 2.38. The van der Waals surface area contributed by atoms with Crippen molar-refractivity contribution in [1.29, 1.82) is 0 Å². The Morgan fingerprint density at radius 3 is 2.87 bits per heavy atom. The molecule has 1 unspecified atom stereocenters. The number of nitrogens with one attached hydrogen (secondary N) is 2. The maximum Gasteiger partial charge on any atom is 0.405 e. The number of hydrogen-bond donors (Lipinski definition) is 2. The SMILES string of the molecule is O=C(NCC(F)(F)F)[C@H]1CC(F)(F)CN1c1nc(C2=CN=C3NC=CCC23)ncc1F. The van der Waals surface area contributed by atoms with Crippen LogP contribution in [0.2, 0.25) is 0 Å². The van der Waals surface area contributed by atoms with Gasteiger partial charge in [0, 0.05) is 18.2 Å². The number of nitrogens with zero attached hydrogens (tertiary/aromatic N) is 4. The Morgan fingerprint density at radius 1 is 1.35 bits per heavy atom. The summed E-state index contributed by atoms with van der Waals surface area (Å²) in [5, 5.41) is 4.53. The molecule has 0 radical (unpaired) electrons. The highest BCUT2D eigenvalue weighted by Gasteiger charge is 2.50. The van der Waals surface area contributed by atoms with Gasteiger partial charge in [-0.1, -0.05) is 6.08 Å². The molecule has 1 amide bonds. The fourth-order valence-corrected chi connectivity index (χ4v) is 3.68. The Balaban J connectivity index is 1.62. The molecule has 1 aromatic heterocycles. The van der Waals surface area contributed by atoms with Crippen molar-refractivity contribution >= 4 is 23.1 Å². The molecule has 2 atom stereocenters. The largest absolute Gasteiger partial charge is 0.405 e. The zero-order valence-corrected chi connectivity index (χ0v) is 15.8. The lowest BCUT2D eigenvalue weighted by molar-refractivity contribution is -0.139. The quantitative estimate of drug-likeness (QED) is 0.695. The van der Waals surface area contributed by atoms with Crippen molar-refractivity contribution in [3.63, 3.8) is 0 Å². The summed E-state index contributed by atoms with van der Waals surface area (Å²) in [5.74, 6) is -5.93. The zero-order chi connectivity index (χ0) is 22.4. The molecular formula is C18H16F6N6O. The summed E-state index contributed by atoms with van der Waals surface area (Å²) in [6.45, 7) is -2.76. The number of halogens is 6. The van der Waals surface area contributed by atoms with Crippen LogP contribution in [0.15, 0.2) is 29.7 Å². The first-order valence-electron chi connectivity index (χ1n) is 9.25. The number of carbonyl (C=O) groups is 1. The third kappa shape index (κ3) is 4.35. The molecule has 0 bridgehead atoms. The molecule has 3 aliphatic heterocycles. The summed E-state index contributed by atoms with van der Waals surface area (Å²) in [6, 6.07) is -1.72. The van der Waals surface area contributed by atoms with Crippen molar-refractivity contribution in [3.05, 3.63) is 36.3 Å². The van der Waals surface area contributed by atoms with Gasteiger partial charge in [0.05, 0.1) is 18.7 Å². The lowest BCUT2D eigenvalue weighted by atomic mass is 9.94. The molecule has 1 fully saturated rings. The van der Waals surface area contributed by atoms with Crippen LogP contribution in [0.4, 0.5) is 32.2 Å². The number of carbonyl (C=O) groups excluding carboxylic acids is 1. The summed E-state index contributed by atoms with van der Waals surface area (Å²) in [7, 11) is 0. The van der Waals surface area contributed by atoms with Crippen LogP contribution in [-0.2, 0) is 4.79 Å². The molecule has 0 spiro atoms.